The molecule has 56 heavy (non-hydrogen) atoms. The molecule has 3 aromatic heterocycles. The van der Waals surface area contributed by atoms with Crippen molar-refractivity contribution in [2.75, 3.05) is 31.4 Å². The van der Waals surface area contributed by atoms with Gasteiger partial charge in [0.05, 0.1) is 48.3 Å². The molecule has 4 aromatic carbocycles. The molecule has 0 fully saturated rings. The first-order valence-corrected chi connectivity index (χ1v) is 17.9. The average Bonchev–Trinajstić information content (AvgIpc) is 3.48. The number of amides is 2. The van der Waals surface area contributed by atoms with Gasteiger partial charge < -0.3 is 29.6 Å². The van der Waals surface area contributed by atoms with Gasteiger partial charge in [-0.2, -0.15) is 5.10 Å². The van der Waals surface area contributed by atoms with Crippen molar-refractivity contribution in [3.05, 3.63) is 147 Å². The molecule has 0 aliphatic carbocycles. The van der Waals surface area contributed by atoms with Gasteiger partial charge in [-0.25, -0.2) is 0 Å². The number of benzene rings is 4. The first-order chi connectivity index (χ1) is 27.1. The summed E-state index contributed by atoms with van der Waals surface area (Å²) in [5.41, 5.74) is 5.79. The minimum atomic E-state index is -0.722. The van der Waals surface area contributed by atoms with Crippen LogP contribution >= 0.6 is 0 Å². The molecular weight excluding hydrogens is 713 g/mol. The molecule has 3 N–H and O–H groups in total. The molecule has 0 bridgehead atoms. The molecule has 0 radical (unpaired) electrons. The number of ether oxygens (including phenoxy) is 2. The summed E-state index contributed by atoms with van der Waals surface area (Å²) in [4.78, 5) is 46.3. The Morgan fingerprint density at radius 2 is 1.55 bits per heavy atom. The van der Waals surface area contributed by atoms with Crippen LogP contribution in [0.3, 0.4) is 0 Å². The quantitative estimate of drug-likeness (QED) is 0.114. The van der Waals surface area contributed by atoms with Crippen LogP contribution in [0, 0.1) is 6.92 Å². The molecule has 7 aromatic rings. The normalized spacial score (nSPS) is 11.2. The zero-order valence-electron chi connectivity index (χ0n) is 31.3. The zero-order chi connectivity index (χ0) is 39.3. The molecule has 13 nitrogen and oxygen atoms in total. The monoisotopic (exact) mass is 752 g/mol. The fourth-order valence-electron chi connectivity index (χ4n) is 6.69. The van der Waals surface area contributed by atoms with Crippen LogP contribution in [0.25, 0.3) is 21.9 Å². The van der Waals surface area contributed by atoms with Crippen molar-refractivity contribution in [3.63, 3.8) is 0 Å². The summed E-state index contributed by atoms with van der Waals surface area (Å²) in [5.74, 6) is -0.766. The van der Waals surface area contributed by atoms with E-state index in [1.807, 2.05) is 42.9 Å². The Balaban J connectivity index is 1.07. The van der Waals surface area contributed by atoms with Crippen LogP contribution in [-0.2, 0) is 26.6 Å². The van der Waals surface area contributed by atoms with E-state index in [4.69, 9.17) is 13.9 Å². The minimum absolute atomic E-state index is 0.0972. The summed E-state index contributed by atoms with van der Waals surface area (Å²) in [5, 5.41) is 21.7. The number of aromatic nitrogens is 3. The predicted octanol–water partition coefficient (Wildman–Crippen LogP) is 6.86. The molecule has 0 aliphatic rings. The van der Waals surface area contributed by atoms with Gasteiger partial charge in [0.25, 0.3) is 11.8 Å². The number of carbonyl (C=O) groups is 2. The summed E-state index contributed by atoms with van der Waals surface area (Å²) in [6.45, 7) is 3.97. The minimum Gasteiger partial charge on any atom is -0.506 e. The standard InChI is InChI=1S/C43H40N6O7/c1-26-33-18-28(11-14-36(33)48(2)47-26)24-49(25-29-17-31(50)23-44-22-29)16-15-27-9-12-30(13-10-27)45-42(52)34-19-39(54-3)40(55-4)20-35(34)46-43(53)41-21-37(51)32-7-5-6-8-38(32)56-41/h5-14,17-23,50H,15-16,24-25H2,1-4H3,(H,45,52)(H,46,53). The molecule has 0 unspecified atom stereocenters. The van der Waals surface area contributed by atoms with Gasteiger partial charge >= 0.3 is 0 Å². The lowest BCUT2D eigenvalue weighted by Crippen LogP contribution is -2.25. The number of nitrogens with zero attached hydrogens (tertiary/aromatic N) is 4. The zero-order valence-corrected chi connectivity index (χ0v) is 31.3. The summed E-state index contributed by atoms with van der Waals surface area (Å²) in [6, 6.07) is 26.3. The van der Waals surface area contributed by atoms with Crippen molar-refractivity contribution in [2.45, 2.75) is 26.4 Å². The molecule has 0 aliphatic heterocycles. The van der Waals surface area contributed by atoms with Gasteiger partial charge in [0.1, 0.15) is 11.3 Å². The lowest BCUT2D eigenvalue weighted by Gasteiger charge is -2.23. The third-order valence-electron chi connectivity index (χ3n) is 9.50. The van der Waals surface area contributed by atoms with Crippen molar-refractivity contribution in [3.8, 4) is 17.2 Å². The fourth-order valence-corrected chi connectivity index (χ4v) is 6.69. The highest BCUT2D eigenvalue weighted by Crippen LogP contribution is 2.34. The highest BCUT2D eigenvalue weighted by Gasteiger charge is 2.21. The second-order valence-corrected chi connectivity index (χ2v) is 13.4. The van der Waals surface area contributed by atoms with Gasteiger partial charge in [-0.3, -0.25) is 28.9 Å². The Kier molecular flexibility index (Phi) is 10.8. The van der Waals surface area contributed by atoms with Crippen LogP contribution in [0.4, 0.5) is 11.4 Å². The maximum Gasteiger partial charge on any atom is 0.291 e. The second kappa shape index (κ2) is 16.2. The number of aromatic hydroxyl groups is 1. The number of carbonyl (C=O) groups excluding carboxylic acids is 2. The number of rotatable bonds is 13. The van der Waals surface area contributed by atoms with Crippen molar-refractivity contribution in [1.29, 1.82) is 0 Å². The van der Waals surface area contributed by atoms with E-state index >= 15 is 0 Å². The molecule has 0 spiro atoms. The van der Waals surface area contributed by atoms with Crippen LogP contribution in [0.1, 0.15) is 43.3 Å². The molecule has 2 amide bonds. The third kappa shape index (κ3) is 8.22. The number of methoxy groups -OCH3 is 2. The van der Waals surface area contributed by atoms with Gasteiger partial charge in [-0.1, -0.05) is 30.3 Å². The molecule has 0 atom stereocenters. The largest absolute Gasteiger partial charge is 0.506 e. The number of aryl methyl sites for hydroxylation is 2. The lowest BCUT2D eigenvalue weighted by molar-refractivity contribution is 0.0997. The van der Waals surface area contributed by atoms with E-state index in [9.17, 15) is 19.5 Å². The van der Waals surface area contributed by atoms with E-state index in [0.29, 0.717) is 37.1 Å². The van der Waals surface area contributed by atoms with E-state index in [1.165, 1.54) is 32.5 Å². The number of para-hydroxylation sites is 1. The highest BCUT2D eigenvalue weighted by atomic mass is 16.5. The van der Waals surface area contributed by atoms with Crippen LogP contribution in [0.15, 0.2) is 113 Å². The number of fused-ring (bicyclic) bond motifs is 2. The van der Waals surface area contributed by atoms with E-state index in [0.717, 1.165) is 39.4 Å². The van der Waals surface area contributed by atoms with Crippen molar-refractivity contribution < 1.29 is 28.6 Å². The summed E-state index contributed by atoms with van der Waals surface area (Å²) in [7, 11) is 4.83. The molecule has 13 heteroatoms. The molecule has 284 valence electrons. The summed E-state index contributed by atoms with van der Waals surface area (Å²) >= 11 is 0. The Morgan fingerprint density at radius 1 is 0.821 bits per heavy atom. The Labute approximate surface area is 322 Å². The summed E-state index contributed by atoms with van der Waals surface area (Å²) < 4.78 is 18.5. The molecule has 3 heterocycles. The first kappa shape index (κ1) is 37.3. The van der Waals surface area contributed by atoms with E-state index in [-0.39, 0.29) is 45.3 Å². The Morgan fingerprint density at radius 3 is 2.32 bits per heavy atom. The smallest absolute Gasteiger partial charge is 0.291 e. The molecular formula is C43H40N6O7. The highest BCUT2D eigenvalue weighted by molar-refractivity contribution is 6.12. The number of anilines is 2. The van der Waals surface area contributed by atoms with Gasteiger partial charge in [0, 0.05) is 56.1 Å². The fraction of sp³-hybridized carbons (Fsp3) is 0.186. The Bertz CT molecular complexity index is 2630. The predicted molar refractivity (Wildman–Crippen MR) is 214 cm³/mol. The molecule has 0 saturated carbocycles. The Hall–Kier alpha value is -6.99. The van der Waals surface area contributed by atoms with Crippen LogP contribution in [0.5, 0.6) is 17.2 Å². The maximum absolute atomic E-state index is 13.8. The lowest BCUT2D eigenvalue weighted by atomic mass is 10.1. The topological polar surface area (TPSA) is 161 Å². The SMILES string of the molecule is COc1cc(NC(=O)c2cc(=O)c3ccccc3o2)c(C(=O)Nc2ccc(CCN(Cc3cncc(O)c3)Cc3ccc4c(c3)c(C)nn4C)cc2)cc1OC. The van der Waals surface area contributed by atoms with Gasteiger partial charge in [0.2, 0.25) is 0 Å². The maximum atomic E-state index is 13.8. The summed E-state index contributed by atoms with van der Waals surface area (Å²) in [6.07, 6.45) is 3.89. The average molecular weight is 753 g/mol. The second-order valence-electron chi connectivity index (χ2n) is 13.4. The van der Waals surface area contributed by atoms with E-state index in [1.54, 1.807) is 36.5 Å². The number of hydrogen-bond donors (Lipinski definition) is 3. The van der Waals surface area contributed by atoms with Crippen LogP contribution in [-0.4, -0.2) is 57.3 Å². The van der Waals surface area contributed by atoms with E-state index < -0.39 is 11.8 Å². The van der Waals surface area contributed by atoms with Crippen molar-refractivity contribution in [2.24, 2.45) is 7.05 Å². The number of pyridine rings is 1. The first-order valence-electron chi connectivity index (χ1n) is 17.9. The van der Waals surface area contributed by atoms with Crippen LogP contribution < -0.4 is 25.5 Å². The molecule has 7 rings (SSSR count). The van der Waals surface area contributed by atoms with Gasteiger partial charge in [0.15, 0.2) is 22.7 Å². The number of nitrogens with one attached hydrogen (secondary N) is 2. The third-order valence-corrected chi connectivity index (χ3v) is 9.50. The van der Waals surface area contributed by atoms with Crippen molar-refractivity contribution >= 4 is 45.1 Å². The van der Waals surface area contributed by atoms with Gasteiger partial charge in [-0.05, 0) is 78.6 Å². The van der Waals surface area contributed by atoms with Crippen LogP contribution in [0.2, 0.25) is 0 Å². The van der Waals surface area contributed by atoms with E-state index in [2.05, 4.69) is 43.8 Å². The number of hydrogen-bond acceptors (Lipinski definition) is 10. The molecule has 0 saturated heterocycles. The van der Waals surface area contributed by atoms with Gasteiger partial charge in [-0.15, -0.1) is 0 Å². The van der Waals surface area contributed by atoms with Crippen molar-refractivity contribution in [1.82, 2.24) is 19.7 Å².